The molecule has 2 nitrogen and oxygen atoms in total. The fourth-order valence-electron chi connectivity index (χ4n) is 9.52. The fourth-order valence-corrected chi connectivity index (χ4v) is 10.7. The van der Waals surface area contributed by atoms with Gasteiger partial charge in [0.05, 0.1) is 33.2 Å². The Morgan fingerprint density at radius 1 is 0.365 bits per heavy atom. The molecule has 0 bridgehead atoms. The molecule has 3 heteroatoms. The minimum Gasteiger partial charge on any atom is -0.309 e. The van der Waals surface area contributed by atoms with E-state index in [0.29, 0.717) is 0 Å². The Hall–Kier alpha value is -6.29. The predicted octanol–water partition coefficient (Wildman–Crippen LogP) is 12.7. The van der Waals surface area contributed by atoms with Crippen molar-refractivity contribution in [3.8, 4) is 22.5 Å². The summed E-state index contributed by atoms with van der Waals surface area (Å²) in [6.07, 6.45) is 0. The molecule has 0 fully saturated rings. The minimum atomic E-state index is -0.469. The van der Waals surface area contributed by atoms with Gasteiger partial charge < -0.3 is 9.13 Å². The first-order valence-corrected chi connectivity index (χ1v) is 18.8. The van der Waals surface area contributed by atoms with Crippen LogP contribution < -0.4 is 0 Å². The average Bonchev–Trinajstić information content (AvgIpc) is 3.73. The zero-order chi connectivity index (χ0) is 34.0. The number of nitrogens with zero attached hydrogens (tertiary/aromatic N) is 2. The second kappa shape index (κ2) is 10.4. The first-order valence-electron chi connectivity index (χ1n) is 17.9. The first kappa shape index (κ1) is 28.4. The van der Waals surface area contributed by atoms with Gasteiger partial charge in [-0.05, 0) is 88.0 Å². The molecule has 52 heavy (non-hydrogen) atoms. The van der Waals surface area contributed by atoms with Crippen LogP contribution in [0.15, 0.2) is 192 Å². The summed E-state index contributed by atoms with van der Waals surface area (Å²) in [7, 11) is 0. The van der Waals surface area contributed by atoms with Gasteiger partial charge >= 0.3 is 0 Å². The van der Waals surface area contributed by atoms with E-state index in [0.717, 1.165) is 0 Å². The molecule has 8 aromatic carbocycles. The molecule has 1 atom stereocenters. The summed E-state index contributed by atoms with van der Waals surface area (Å²) >= 11 is 1.91. The number of aromatic nitrogens is 2. The topological polar surface area (TPSA) is 9.86 Å². The van der Waals surface area contributed by atoms with Gasteiger partial charge in [0, 0.05) is 37.0 Å². The number of benzene rings is 8. The molecule has 0 N–H and O–H groups in total. The molecule has 4 heterocycles. The van der Waals surface area contributed by atoms with Crippen molar-refractivity contribution in [2.45, 2.75) is 15.2 Å². The third-order valence-electron chi connectivity index (χ3n) is 11.6. The van der Waals surface area contributed by atoms with Crippen molar-refractivity contribution in [3.63, 3.8) is 0 Å². The summed E-state index contributed by atoms with van der Waals surface area (Å²) < 4.78 is 4.90. The maximum absolute atomic E-state index is 2.51. The molecule has 1 unspecified atom stereocenters. The van der Waals surface area contributed by atoms with Crippen LogP contribution in [0.4, 0.5) is 0 Å². The molecule has 2 aliphatic heterocycles. The second-order valence-electron chi connectivity index (χ2n) is 14.1. The smallest absolute Gasteiger partial charge is 0.0764 e. The highest BCUT2D eigenvalue weighted by molar-refractivity contribution is 7.99. The maximum Gasteiger partial charge on any atom is 0.0764 e. The highest BCUT2D eigenvalue weighted by atomic mass is 32.2. The Morgan fingerprint density at radius 3 is 1.83 bits per heavy atom. The molecule has 0 amide bonds. The van der Waals surface area contributed by atoms with E-state index >= 15 is 0 Å². The lowest BCUT2D eigenvalue weighted by Crippen LogP contribution is -2.37. The van der Waals surface area contributed by atoms with Crippen LogP contribution >= 0.6 is 11.8 Å². The normalized spacial score (nSPS) is 15.7. The van der Waals surface area contributed by atoms with E-state index in [9.17, 15) is 0 Å². The highest BCUT2D eigenvalue weighted by Crippen LogP contribution is 2.60. The zero-order valence-corrected chi connectivity index (χ0v) is 28.9. The summed E-state index contributed by atoms with van der Waals surface area (Å²) in [5.74, 6) is 0. The Morgan fingerprint density at radius 2 is 0.962 bits per heavy atom. The van der Waals surface area contributed by atoms with Gasteiger partial charge in [0.25, 0.3) is 0 Å². The standard InChI is InChI=1S/C49H30N2S/c1-2-13-33(14-3-1)50-42-21-8-5-16-35(42)37-29-31(26-28-44(37)50)32-25-27-40-47(30-32)52-46-24-11-7-19-39(46)49(40)38-18-6-10-23-45(38)51-43-22-9-4-15-34(43)36-17-12-20-41(49)48(36)51/h1-30H. The van der Waals surface area contributed by atoms with Crippen LogP contribution in [0.2, 0.25) is 0 Å². The molecule has 0 radical (unpaired) electrons. The lowest BCUT2D eigenvalue weighted by atomic mass is 9.62. The molecule has 10 aromatic rings. The SMILES string of the molecule is c1ccc(-n2c3ccccc3c3cc(-c4ccc5c(c4)Sc4ccccc4C54c5ccccc5-n5c6ccccc6c6cccc4c65)ccc32)cc1. The van der Waals surface area contributed by atoms with E-state index < -0.39 is 5.41 Å². The molecule has 1 spiro atoms. The molecule has 242 valence electrons. The number of para-hydroxylation sites is 5. The van der Waals surface area contributed by atoms with Crippen LogP contribution in [-0.2, 0) is 5.41 Å². The summed E-state index contributed by atoms with van der Waals surface area (Å²) in [6.45, 7) is 0. The zero-order valence-electron chi connectivity index (χ0n) is 28.1. The molecular weight excluding hydrogens is 649 g/mol. The fraction of sp³-hybridized carbons (Fsp3) is 0.0204. The van der Waals surface area contributed by atoms with Gasteiger partial charge in [-0.1, -0.05) is 139 Å². The van der Waals surface area contributed by atoms with Crippen molar-refractivity contribution in [2.24, 2.45) is 0 Å². The van der Waals surface area contributed by atoms with Crippen LogP contribution in [0.5, 0.6) is 0 Å². The van der Waals surface area contributed by atoms with E-state index in [1.165, 1.54) is 98.2 Å². The molecule has 0 saturated heterocycles. The molecule has 2 aromatic heterocycles. The highest BCUT2D eigenvalue weighted by Gasteiger charge is 2.49. The van der Waals surface area contributed by atoms with Gasteiger partial charge in [-0.2, -0.15) is 0 Å². The van der Waals surface area contributed by atoms with E-state index in [-0.39, 0.29) is 0 Å². The van der Waals surface area contributed by atoms with Crippen molar-refractivity contribution in [2.75, 3.05) is 0 Å². The van der Waals surface area contributed by atoms with Gasteiger partial charge in [-0.15, -0.1) is 0 Å². The largest absolute Gasteiger partial charge is 0.309 e. The minimum absolute atomic E-state index is 0.469. The Bertz CT molecular complexity index is 3110. The summed E-state index contributed by atoms with van der Waals surface area (Å²) in [5, 5.41) is 5.14. The van der Waals surface area contributed by atoms with Crippen molar-refractivity contribution in [1.82, 2.24) is 9.13 Å². The number of rotatable bonds is 2. The summed E-state index contributed by atoms with van der Waals surface area (Å²) in [5.41, 5.74) is 14.8. The lowest BCUT2D eigenvalue weighted by Gasteiger charge is -2.45. The third-order valence-corrected chi connectivity index (χ3v) is 12.7. The molecule has 12 rings (SSSR count). The third kappa shape index (κ3) is 3.56. The number of hydrogen-bond donors (Lipinski definition) is 0. The van der Waals surface area contributed by atoms with E-state index in [2.05, 4.69) is 191 Å². The Kier molecular flexibility index (Phi) is 5.67. The van der Waals surface area contributed by atoms with Crippen LogP contribution in [0.25, 0.3) is 66.1 Å². The average molecular weight is 679 g/mol. The molecular formula is C49H30N2S. The molecule has 2 aliphatic rings. The van der Waals surface area contributed by atoms with Crippen LogP contribution in [-0.4, -0.2) is 9.13 Å². The van der Waals surface area contributed by atoms with Gasteiger partial charge in [-0.3, -0.25) is 0 Å². The van der Waals surface area contributed by atoms with Crippen LogP contribution in [0.3, 0.4) is 0 Å². The number of hydrogen-bond acceptors (Lipinski definition) is 1. The summed E-state index contributed by atoms with van der Waals surface area (Å²) in [6, 6.07) is 67.7. The Labute approximate surface area is 305 Å². The van der Waals surface area contributed by atoms with Crippen molar-refractivity contribution < 1.29 is 0 Å². The first-order chi connectivity index (χ1) is 25.8. The monoisotopic (exact) mass is 678 g/mol. The quantitative estimate of drug-likeness (QED) is 0.177. The van der Waals surface area contributed by atoms with Gasteiger partial charge in [0.15, 0.2) is 0 Å². The van der Waals surface area contributed by atoms with Crippen molar-refractivity contribution >= 4 is 55.4 Å². The molecule has 0 saturated carbocycles. The number of fused-ring (bicyclic) bond motifs is 14. The van der Waals surface area contributed by atoms with E-state index in [1.807, 2.05) is 11.8 Å². The van der Waals surface area contributed by atoms with Crippen molar-refractivity contribution in [3.05, 3.63) is 204 Å². The Balaban J connectivity index is 1.13. The second-order valence-corrected chi connectivity index (χ2v) is 15.1. The molecule has 0 aliphatic carbocycles. The van der Waals surface area contributed by atoms with Gasteiger partial charge in [-0.25, -0.2) is 0 Å². The van der Waals surface area contributed by atoms with Crippen molar-refractivity contribution in [1.29, 1.82) is 0 Å². The van der Waals surface area contributed by atoms with Gasteiger partial charge in [0.1, 0.15) is 0 Å². The lowest BCUT2D eigenvalue weighted by molar-refractivity contribution is 0.690. The van der Waals surface area contributed by atoms with Crippen LogP contribution in [0, 0.1) is 0 Å². The van der Waals surface area contributed by atoms with Gasteiger partial charge in [0.2, 0.25) is 0 Å². The van der Waals surface area contributed by atoms with Crippen LogP contribution in [0.1, 0.15) is 22.3 Å². The summed E-state index contributed by atoms with van der Waals surface area (Å²) in [4.78, 5) is 2.62. The maximum atomic E-state index is 2.51. The van der Waals surface area contributed by atoms with E-state index in [4.69, 9.17) is 0 Å². The predicted molar refractivity (Wildman–Crippen MR) is 217 cm³/mol. The van der Waals surface area contributed by atoms with E-state index in [1.54, 1.807) is 0 Å².